The molecule has 62 valence electrons. The Labute approximate surface area is 70.1 Å². The molecule has 0 spiro atoms. The summed E-state index contributed by atoms with van der Waals surface area (Å²) in [5, 5.41) is 10.2. The maximum atomic E-state index is 12.9. The van der Waals surface area contributed by atoms with E-state index < -0.39 is 6.17 Å². The van der Waals surface area contributed by atoms with Crippen molar-refractivity contribution in [3.63, 3.8) is 0 Å². The molecule has 5 heteroatoms. The van der Waals surface area contributed by atoms with E-state index in [1.807, 2.05) is 0 Å². The van der Waals surface area contributed by atoms with Crippen LogP contribution in [-0.2, 0) is 0 Å². The Bertz CT molecular complexity index is 204. The van der Waals surface area contributed by atoms with E-state index in [1.54, 1.807) is 7.05 Å². The molecule has 0 aliphatic heterocycles. The van der Waals surface area contributed by atoms with E-state index in [9.17, 15) is 4.39 Å². The van der Waals surface area contributed by atoms with Crippen molar-refractivity contribution < 1.29 is 4.39 Å². The summed E-state index contributed by atoms with van der Waals surface area (Å²) in [6.07, 6.45) is -0.827. The molecular weight excluding hydrogens is 165 g/mol. The highest BCUT2D eigenvalue weighted by molar-refractivity contribution is 7.79. The summed E-state index contributed by atoms with van der Waals surface area (Å²) in [7, 11) is 1.70. The van der Waals surface area contributed by atoms with E-state index in [2.05, 4.69) is 22.5 Å². The average molecular weight is 175 g/mol. The van der Waals surface area contributed by atoms with Gasteiger partial charge in [0.15, 0.2) is 0 Å². The van der Waals surface area contributed by atoms with E-state index in [-0.39, 0.29) is 17.5 Å². The standard InChI is InChI=1S/C6H10FN3S/c1-9-4-2-3(7)6(10-11)5(4)8/h3-4,8-9,11H,2H2,1H3/b8-5?,10-6-. The van der Waals surface area contributed by atoms with Crippen LogP contribution in [0.2, 0.25) is 0 Å². The van der Waals surface area contributed by atoms with Gasteiger partial charge in [-0.1, -0.05) is 0 Å². The Morgan fingerprint density at radius 1 is 1.82 bits per heavy atom. The minimum atomic E-state index is -1.13. The van der Waals surface area contributed by atoms with E-state index in [0.29, 0.717) is 6.42 Å². The Morgan fingerprint density at radius 2 is 2.45 bits per heavy atom. The summed E-state index contributed by atoms with van der Waals surface area (Å²) in [4.78, 5) is 0. The van der Waals surface area contributed by atoms with Crippen molar-refractivity contribution in [3.05, 3.63) is 0 Å². The quantitative estimate of drug-likeness (QED) is 0.503. The second-order valence-electron chi connectivity index (χ2n) is 2.44. The van der Waals surface area contributed by atoms with Crippen molar-refractivity contribution in [1.29, 1.82) is 5.41 Å². The maximum Gasteiger partial charge on any atom is 0.146 e. The summed E-state index contributed by atoms with van der Waals surface area (Å²) in [5.74, 6) is 0. The molecule has 0 aromatic rings. The first-order valence-corrected chi connectivity index (χ1v) is 3.72. The molecule has 0 bridgehead atoms. The molecule has 0 aromatic carbocycles. The predicted octanol–water partition coefficient (Wildman–Crippen LogP) is 0.622. The Morgan fingerprint density at radius 3 is 2.73 bits per heavy atom. The SMILES string of the molecule is CNC1CC(F)/C(=N/S)C1=N. The van der Waals surface area contributed by atoms with Crippen LogP contribution in [0.25, 0.3) is 0 Å². The number of thiol groups is 1. The molecule has 2 N–H and O–H groups in total. The fourth-order valence-electron chi connectivity index (χ4n) is 1.16. The van der Waals surface area contributed by atoms with Crippen molar-refractivity contribution in [2.75, 3.05) is 7.05 Å². The first kappa shape index (κ1) is 8.67. The summed E-state index contributed by atoms with van der Waals surface area (Å²) < 4.78 is 16.3. The number of halogens is 1. The highest BCUT2D eigenvalue weighted by Crippen LogP contribution is 2.17. The number of alkyl halides is 1. The van der Waals surface area contributed by atoms with Gasteiger partial charge in [0.25, 0.3) is 0 Å². The van der Waals surface area contributed by atoms with Crippen molar-refractivity contribution in [3.8, 4) is 0 Å². The Kier molecular flexibility index (Phi) is 2.62. The van der Waals surface area contributed by atoms with Crippen LogP contribution in [0.4, 0.5) is 4.39 Å². The van der Waals surface area contributed by atoms with Gasteiger partial charge in [-0.05, 0) is 19.9 Å². The number of hydrogen-bond donors (Lipinski definition) is 3. The smallest absolute Gasteiger partial charge is 0.146 e. The number of rotatable bonds is 1. The molecule has 1 saturated carbocycles. The van der Waals surface area contributed by atoms with Gasteiger partial charge in [0, 0.05) is 6.42 Å². The van der Waals surface area contributed by atoms with Gasteiger partial charge in [-0.3, -0.25) is 0 Å². The van der Waals surface area contributed by atoms with Crippen LogP contribution in [0.15, 0.2) is 4.40 Å². The third-order valence-corrected chi connectivity index (χ3v) is 2.04. The van der Waals surface area contributed by atoms with Crippen LogP contribution in [0.1, 0.15) is 6.42 Å². The first-order valence-electron chi connectivity index (χ1n) is 3.32. The third-order valence-electron chi connectivity index (χ3n) is 1.82. The van der Waals surface area contributed by atoms with Crippen molar-refractivity contribution >= 4 is 24.2 Å². The molecule has 0 amide bonds. The van der Waals surface area contributed by atoms with Gasteiger partial charge in [0.1, 0.15) is 11.9 Å². The van der Waals surface area contributed by atoms with Crippen LogP contribution < -0.4 is 5.32 Å². The molecule has 2 unspecified atom stereocenters. The largest absolute Gasteiger partial charge is 0.312 e. The van der Waals surface area contributed by atoms with E-state index >= 15 is 0 Å². The maximum absolute atomic E-state index is 12.9. The third kappa shape index (κ3) is 1.44. The van der Waals surface area contributed by atoms with Crippen LogP contribution in [-0.4, -0.2) is 30.7 Å². The second-order valence-corrected chi connectivity index (χ2v) is 2.64. The Hall–Kier alpha value is -0.420. The van der Waals surface area contributed by atoms with Gasteiger partial charge in [-0.2, -0.15) is 0 Å². The lowest BCUT2D eigenvalue weighted by Crippen LogP contribution is -2.30. The molecule has 0 radical (unpaired) electrons. The number of hydrogen-bond acceptors (Lipinski definition) is 4. The minimum absolute atomic E-state index is 0.160. The van der Waals surface area contributed by atoms with E-state index in [4.69, 9.17) is 5.41 Å². The predicted molar refractivity (Wildman–Crippen MR) is 46.5 cm³/mol. The normalized spacial score (nSPS) is 35.2. The summed E-state index contributed by atoms with van der Waals surface area (Å²) in [6, 6.07) is -0.198. The summed E-state index contributed by atoms with van der Waals surface area (Å²) >= 11 is 3.59. The molecule has 1 aliphatic carbocycles. The van der Waals surface area contributed by atoms with E-state index in [0.717, 1.165) is 0 Å². The van der Waals surface area contributed by atoms with Gasteiger partial charge in [0.05, 0.1) is 11.8 Å². The van der Waals surface area contributed by atoms with Crippen LogP contribution >= 0.6 is 12.8 Å². The van der Waals surface area contributed by atoms with Gasteiger partial charge in [0.2, 0.25) is 0 Å². The summed E-state index contributed by atoms with van der Waals surface area (Å²) in [5.41, 5.74) is 0.377. The molecule has 2 atom stereocenters. The highest BCUT2D eigenvalue weighted by Gasteiger charge is 2.34. The zero-order valence-corrected chi connectivity index (χ0v) is 7.03. The minimum Gasteiger partial charge on any atom is -0.312 e. The topological polar surface area (TPSA) is 48.2 Å². The van der Waals surface area contributed by atoms with Crippen LogP contribution in [0.3, 0.4) is 0 Å². The molecule has 0 saturated heterocycles. The Balaban J connectivity index is 2.79. The fraction of sp³-hybridized carbons (Fsp3) is 0.667. The van der Waals surface area contributed by atoms with E-state index in [1.165, 1.54) is 0 Å². The van der Waals surface area contributed by atoms with Crippen LogP contribution in [0.5, 0.6) is 0 Å². The van der Waals surface area contributed by atoms with Gasteiger partial charge in [-0.25, -0.2) is 8.79 Å². The lowest BCUT2D eigenvalue weighted by molar-refractivity contribution is 0.400. The molecule has 0 heterocycles. The number of nitrogens with one attached hydrogen (secondary N) is 2. The molecule has 11 heavy (non-hydrogen) atoms. The first-order chi connectivity index (χ1) is 5.20. The van der Waals surface area contributed by atoms with Crippen molar-refractivity contribution in [2.24, 2.45) is 4.40 Å². The molecule has 1 fully saturated rings. The average Bonchev–Trinajstić information content (AvgIpc) is 2.26. The molecule has 1 aliphatic rings. The second kappa shape index (κ2) is 3.32. The molecular formula is C6H10FN3S. The lowest BCUT2D eigenvalue weighted by atomic mass is 10.2. The van der Waals surface area contributed by atoms with Gasteiger partial charge < -0.3 is 10.7 Å². The van der Waals surface area contributed by atoms with Gasteiger partial charge in [-0.15, -0.1) is 0 Å². The van der Waals surface area contributed by atoms with Crippen LogP contribution in [0, 0.1) is 5.41 Å². The van der Waals surface area contributed by atoms with Crippen molar-refractivity contribution in [1.82, 2.24) is 5.32 Å². The molecule has 3 nitrogen and oxygen atoms in total. The number of nitrogens with zero attached hydrogens (tertiary/aromatic N) is 1. The highest BCUT2D eigenvalue weighted by atomic mass is 32.1. The monoisotopic (exact) mass is 175 g/mol. The summed E-state index contributed by atoms with van der Waals surface area (Å²) in [6.45, 7) is 0. The van der Waals surface area contributed by atoms with Crippen molar-refractivity contribution in [2.45, 2.75) is 18.6 Å². The zero-order chi connectivity index (χ0) is 8.43. The molecule has 1 rings (SSSR count). The zero-order valence-electron chi connectivity index (χ0n) is 6.13. The fourth-order valence-corrected chi connectivity index (χ4v) is 1.40. The van der Waals surface area contributed by atoms with Gasteiger partial charge >= 0.3 is 0 Å². The lowest BCUT2D eigenvalue weighted by Gasteiger charge is -2.04. The molecule has 0 aromatic heterocycles.